The lowest BCUT2D eigenvalue weighted by molar-refractivity contribution is 0.102. The van der Waals surface area contributed by atoms with E-state index in [-0.39, 0.29) is 30.1 Å². The molecule has 4 aromatic heterocycles. The van der Waals surface area contributed by atoms with Crippen LogP contribution >= 0.6 is 0 Å². The standard InChI is InChI=1S/C24H28FN9O2/c25-17-14-27-9-7-18(17)30-24(36)21-6-5-20-19(29-22-8-10-33(31-22)11-12-35)13-23(32-34(20)21)28-16-3-1-15(26)2-4-16/h5-10,13-16,35H,1-4,11-12,26H2,(H,28,32)(H,29,31)(H,27,30,36)/t15-,16-. The number of hydrogen-bond donors (Lipinski definition) is 5. The Hall–Kier alpha value is -4.03. The summed E-state index contributed by atoms with van der Waals surface area (Å²) in [5, 5.41) is 27.6. The topological polar surface area (TPSA) is 147 Å². The van der Waals surface area contributed by atoms with Crippen molar-refractivity contribution in [2.75, 3.05) is 22.6 Å². The van der Waals surface area contributed by atoms with E-state index in [1.807, 2.05) is 6.07 Å². The molecule has 0 saturated heterocycles. The molecule has 0 radical (unpaired) electrons. The van der Waals surface area contributed by atoms with Gasteiger partial charge in [-0.1, -0.05) is 0 Å². The Bertz CT molecular complexity index is 1360. The Morgan fingerprint density at radius 3 is 2.72 bits per heavy atom. The van der Waals surface area contributed by atoms with Crippen LogP contribution in [0.2, 0.25) is 0 Å². The number of hydrogen-bond acceptors (Lipinski definition) is 8. The van der Waals surface area contributed by atoms with E-state index in [9.17, 15) is 14.3 Å². The number of carbonyl (C=O) groups is 1. The minimum atomic E-state index is -0.627. The second-order valence-electron chi connectivity index (χ2n) is 8.84. The zero-order chi connectivity index (χ0) is 25.1. The molecule has 12 heteroatoms. The van der Waals surface area contributed by atoms with Gasteiger partial charge in [0, 0.05) is 36.6 Å². The summed E-state index contributed by atoms with van der Waals surface area (Å²) in [5.41, 5.74) is 7.65. The van der Waals surface area contributed by atoms with E-state index < -0.39 is 11.7 Å². The van der Waals surface area contributed by atoms with E-state index in [4.69, 9.17) is 5.73 Å². The monoisotopic (exact) mass is 493 g/mol. The van der Waals surface area contributed by atoms with Gasteiger partial charge in [-0.05, 0) is 43.9 Å². The molecule has 11 nitrogen and oxygen atoms in total. The van der Waals surface area contributed by atoms with Crippen molar-refractivity contribution in [2.45, 2.75) is 44.3 Å². The van der Waals surface area contributed by atoms with Gasteiger partial charge in [0.15, 0.2) is 11.6 Å². The van der Waals surface area contributed by atoms with Crippen LogP contribution in [-0.4, -0.2) is 54.1 Å². The Morgan fingerprint density at radius 2 is 1.94 bits per heavy atom. The first-order valence-electron chi connectivity index (χ1n) is 11.9. The molecule has 36 heavy (non-hydrogen) atoms. The van der Waals surface area contributed by atoms with E-state index in [1.165, 1.54) is 16.8 Å². The Labute approximate surface area is 206 Å². The zero-order valence-corrected chi connectivity index (χ0v) is 19.6. The summed E-state index contributed by atoms with van der Waals surface area (Å²) < 4.78 is 17.2. The highest BCUT2D eigenvalue weighted by molar-refractivity contribution is 6.04. The lowest BCUT2D eigenvalue weighted by Crippen LogP contribution is -2.33. The van der Waals surface area contributed by atoms with Crippen LogP contribution in [0.25, 0.3) is 5.52 Å². The lowest BCUT2D eigenvalue weighted by atomic mass is 9.92. The van der Waals surface area contributed by atoms with Crippen molar-refractivity contribution in [2.24, 2.45) is 5.73 Å². The largest absolute Gasteiger partial charge is 0.394 e. The number of rotatable bonds is 8. The Balaban J connectivity index is 1.48. The van der Waals surface area contributed by atoms with Gasteiger partial charge < -0.3 is 26.8 Å². The fourth-order valence-electron chi connectivity index (χ4n) is 4.36. The first kappa shape index (κ1) is 23.7. The van der Waals surface area contributed by atoms with Crippen LogP contribution in [0.5, 0.6) is 0 Å². The van der Waals surface area contributed by atoms with Crippen molar-refractivity contribution in [1.29, 1.82) is 0 Å². The zero-order valence-electron chi connectivity index (χ0n) is 19.6. The van der Waals surface area contributed by atoms with Gasteiger partial charge in [0.05, 0.1) is 36.2 Å². The van der Waals surface area contributed by atoms with Crippen molar-refractivity contribution in [1.82, 2.24) is 24.4 Å². The summed E-state index contributed by atoms with van der Waals surface area (Å²) >= 11 is 0. The average molecular weight is 494 g/mol. The van der Waals surface area contributed by atoms with E-state index in [0.29, 0.717) is 29.4 Å². The van der Waals surface area contributed by atoms with Crippen LogP contribution in [0.3, 0.4) is 0 Å². The van der Waals surface area contributed by atoms with Crippen molar-refractivity contribution >= 4 is 34.4 Å². The third-order valence-electron chi connectivity index (χ3n) is 6.23. The van der Waals surface area contributed by atoms with E-state index in [1.54, 1.807) is 29.1 Å². The lowest BCUT2D eigenvalue weighted by Gasteiger charge is -2.27. The number of aliphatic hydroxyl groups is 1. The molecule has 6 N–H and O–H groups in total. The maximum absolute atomic E-state index is 14.1. The molecule has 5 rings (SSSR count). The first-order valence-corrected chi connectivity index (χ1v) is 11.9. The highest BCUT2D eigenvalue weighted by Gasteiger charge is 2.21. The van der Waals surface area contributed by atoms with E-state index in [2.05, 4.69) is 31.1 Å². The number of nitrogens with two attached hydrogens (primary N) is 1. The number of carbonyl (C=O) groups excluding carboxylic acids is 1. The van der Waals surface area contributed by atoms with Gasteiger partial charge in [-0.2, -0.15) is 5.10 Å². The van der Waals surface area contributed by atoms with E-state index >= 15 is 0 Å². The van der Waals surface area contributed by atoms with Gasteiger partial charge in [0.1, 0.15) is 11.5 Å². The van der Waals surface area contributed by atoms with Crippen molar-refractivity contribution < 1.29 is 14.3 Å². The molecule has 0 atom stereocenters. The SMILES string of the molecule is N[C@H]1CC[C@H](Nc2cc(Nc3ccn(CCO)n3)c3ccc(C(=O)Nc4ccncc4F)n3n2)CC1. The quantitative estimate of drug-likeness (QED) is 0.252. The molecule has 0 aromatic carbocycles. The number of nitrogens with zero attached hydrogens (tertiary/aromatic N) is 5. The minimum Gasteiger partial charge on any atom is -0.394 e. The van der Waals surface area contributed by atoms with Crippen molar-refractivity contribution in [3.05, 3.63) is 60.4 Å². The second-order valence-corrected chi connectivity index (χ2v) is 8.84. The average Bonchev–Trinajstić information content (AvgIpc) is 3.49. The van der Waals surface area contributed by atoms with Crippen LogP contribution in [0.15, 0.2) is 48.9 Å². The molecule has 1 saturated carbocycles. The number of nitrogens with one attached hydrogen (secondary N) is 3. The molecule has 188 valence electrons. The fraction of sp³-hybridized carbons (Fsp3) is 0.333. The molecule has 1 aliphatic rings. The second kappa shape index (κ2) is 10.3. The van der Waals surface area contributed by atoms with Crippen LogP contribution in [0.4, 0.5) is 27.4 Å². The smallest absolute Gasteiger partial charge is 0.274 e. The van der Waals surface area contributed by atoms with Crippen LogP contribution in [0, 0.1) is 5.82 Å². The highest BCUT2D eigenvalue weighted by atomic mass is 19.1. The Morgan fingerprint density at radius 1 is 1.11 bits per heavy atom. The predicted molar refractivity (Wildman–Crippen MR) is 134 cm³/mol. The summed E-state index contributed by atoms with van der Waals surface area (Å²) in [7, 11) is 0. The number of fused-ring (bicyclic) bond motifs is 1. The normalized spacial score (nSPS) is 17.8. The predicted octanol–water partition coefficient (Wildman–Crippen LogP) is 2.73. The number of aromatic nitrogens is 5. The molecule has 1 fully saturated rings. The van der Waals surface area contributed by atoms with Crippen molar-refractivity contribution in [3.8, 4) is 0 Å². The maximum atomic E-state index is 14.1. The summed E-state index contributed by atoms with van der Waals surface area (Å²) in [6.07, 6.45) is 7.93. The number of anilines is 4. The van der Waals surface area contributed by atoms with Crippen molar-refractivity contribution in [3.63, 3.8) is 0 Å². The van der Waals surface area contributed by atoms with Gasteiger partial charge in [-0.25, -0.2) is 8.91 Å². The van der Waals surface area contributed by atoms with Gasteiger partial charge in [0.2, 0.25) is 0 Å². The molecular formula is C24H28FN9O2. The van der Waals surface area contributed by atoms with Gasteiger partial charge >= 0.3 is 0 Å². The summed E-state index contributed by atoms with van der Waals surface area (Å²) in [6, 6.07) is 8.90. The van der Waals surface area contributed by atoms with Gasteiger partial charge in [0.25, 0.3) is 5.91 Å². The molecule has 1 amide bonds. The highest BCUT2D eigenvalue weighted by Crippen LogP contribution is 2.28. The third kappa shape index (κ3) is 5.14. The molecular weight excluding hydrogens is 465 g/mol. The number of amides is 1. The Kier molecular flexibility index (Phi) is 6.78. The number of halogens is 1. The van der Waals surface area contributed by atoms with Gasteiger partial charge in [-0.3, -0.25) is 14.5 Å². The molecule has 0 unspecified atom stereocenters. The minimum absolute atomic E-state index is 0.0189. The molecule has 1 aliphatic carbocycles. The first-order chi connectivity index (χ1) is 17.5. The molecule has 0 bridgehead atoms. The number of aliphatic hydroxyl groups excluding tert-OH is 1. The summed E-state index contributed by atoms with van der Waals surface area (Å²) in [5.74, 6) is 0.0303. The molecule has 0 spiro atoms. The van der Waals surface area contributed by atoms with Crippen LogP contribution in [-0.2, 0) is 6.54 Å². The fourth-order valence-corrected chi connectivity index (χ4v) is 4.36. The molecule has 0 aliphatic heterocycles. The molecule has 4 heterocycles. The van der Waals surface area contributed by atoms with E-state index in [0.717, 1.165) is 31.9 Å². The third-order valence-corrected chi connectivity index (χ3v) is 6.23. The summed E-state index contributed by atoms with van der Waals surface area (Å²) in [4.78, 5) is 16.8. The van der Waals surface area contributed by atoms with Crippen LogP contribution < -0.4 is 21.7 Å². The molecule has 4 aromatic rings. The number of pyridine rings is 1. The van der Waals surface area contributed by atoms with Crippen LogP contribution in [0.1, 0.15) is 36.2 Å². The summed E-state index contributed by atoms with van der Waals surface area (Å²) in [6.45, 7) is 0.361. The van der Waals surface area contributed by atoms with Gasteiger partial charge in [-0.15, -0.1) is 5.10 Å². The maximum Gasteiger partial charge on any atom is 0.274 e.